The highest BCUT2D eigenvalue weighted by Crippen LogP contribution is 2.16. The van der Waals surface area contributed by atoms with E-state index in [4.69, 9.17) is 14.2 Å². The lowest BCUT2D eigenvalue weighted by Gasteiger charge is -2.18. The molecule has 6 heteroatoms. The summed E-state index contributed by atoms with van der Waals surface area (Å²) in [5.41, 5.74) is 0. The molecule has 1 unspecified atom stereocenters. The van der Waals surface area contributed by atoms with E-state index in [-0.39, 0.29) is 31.1 Å². The predicted molar refractivity (Wildman–Crippen MR) is 284 cm³/mol. The van der Waals surface area contributed by atoms with Crippen LogP contribution in [0.5, 0.6) is 0 Å². The molecule has 0 bridgehead atoms. The molecule has 66 heavy (non-hydrogen) atoms. The number of hydrogen-bond donors (Lipinski definition) is 0. The van der Waals surface area contributed by atoms with Crippen molar-refractivity contribution in [1.29, 1.82) is 0 Å². The average molecular weight is 928 g/mol. The number of unbranched alkanes of at least 4 members (excludes halogenated alkanes) is 36. The van der Waals surface area contributed by atoms with Gasteiger partial charge in [-0.25, -0.2) is 0 Å². The van der Waals surface area contributed by atoms with E-state index in [0.717, 1.165) is 64.2 Å². The molecule has 0 radical (unpaired) electrons. The number of carbonyl (C=O) groups excluding carboxylic acids is 3. The van der Waals surface area contributed by atoms with Gasteiger partial charge in [0.2, 0.25) is 0 Å². The molecule has 0 heterocycles. The molecular weight excluding hydrogens is 817 g/mol. The molecule has 1 atom stereocenters. The first-order chi connectivity index (χ1) is 32.5. The monoisotopic (exact) mass is 927 g/mol. The zero-order chi connectivity index (χ0) is 47.9. The van der Waals surface area contributed by atoms with Crippen LogP contribution in [0.25, 0.3) is 0 Å². The third-order valence-corrected chi connectivity index (χ3v) is 12.9. The first kappa shape index (κ1) is 63.6. The van der Waals surface area contributed by atoms with E-state index in [1.807, 2.05) is 0 Å². The minimum absolute atomic E-state index is 0.0720. The second kappa shape index (κ2) is 55.2. The Morgan fingerprint density at radius 2 is 0.545 bits per heavy atom. The summed E-state index contributed by atoms with van der Waals surface area (Å²) >= 11 is 0. The van der Waals surface area contributed by atoms with Gasteiger partial charge in [0.05, 0.1) is 0 Å². The molecule has 0 aromatic carbocycles. The molecule has 386 valence electrons. The summed E-state index contributed by atoms with van der Waals surface area (Å²) in [4.78, 5) is 37.9. The van der Waals surface area contributed by atoms with Crippen molar-refractivity contribution in [3.05, 3.63) is 36.5 Å². The maximum absolute atomic E-state index is 12.8. The van der Waals surface area contributed by atoms with Crippen LogP contribution in [0.15, 0.2) is 36.5 Å². The first-order valence-corrected chi connectivity index (χ1v) is 29.0. The Morgan fingerprint density at radius 3 is 0.848 bits per heavy atom. The second-order valence-electron chi connectivity index (χ2n) is 19.6. The van der Waals surface area contributed by atoms with Crippen LogP contribution >= 0.6 is 0 Å². The molecule has 0 aromatic rings. The molecule has 0 rings (SSSR count). The number of allylic oxidation sites excluding steroid dienone is 6. The summed E-state index contributed by atoms with van der Waals surface area (Å²) in [5, 5.41) is 0. The van der Waals surface area contributed by atoms with Crippen LogP contribution in [0.2, 0.25) is 0 Å². The van der Waals surface area contributed by atoms with Gasteiger partial charge >= 0.3 is 17.9 Å². The van der Waals surface area contributed by atoms with Gasteiger partial charge in [0.1, 0.15) is 13.2 Å². The third-order valence-electron chi connectivity index (χ3n) is 12.9. The lowest BCUT2D eigenvalue weighted by Crippen LogP contribution is -2.30. The highest BCUT2D eigenvalue weighted by atomic mass is 16.6. The van der Waals surface area contributed by atoms with Crippen molar-refractivity contribution in [3.63, 3.8) is 0 Å². The Balaban J connectivity index is 4.16. The maximum atomic E-state index is 12.8. The Hall–Kier alpha value is -2.37. The van der Waals surface area contributed by atoms with E-state index < -0.39 is 6.10 Å². The Bertz CT molecular complexity index is 1110. The minimum Gasteiger partial charge on any atom is -0.462 e. The zero-order valence-corrected chi connectivity index (χ0v) is 44.2. The summed E-state index contributed by atoms with van der Waals surface area (Å²) in [6.07, 6.45) is 65.9. The van der Waals surface area contributed by atoms with E-state index in [0.29, 0.717) is 19.3 Å². The van der Waals surface area contributed by atoms with E-state index >= 15 is 0 Å². The van der Waals surface area contributed by atoms with Crippen molar-refractivity contribution in [2.24, 2.45) is 0 Å². The highest BCUT2D eigenvalue weighted by Gasteiger charge is 2.19. The van der Waals surface area contributed by atoms with Gasteiger partial charge in [-0.3, -0.25) is 14.4 Å². The van der Waals surface area contributed by atoms with Crippen molar-refractivity contribution < 1.29 is 28.6 Å². The molecule has 6 nitrogen and oxygen atoms in total. The molecule has 0 aliphatic carbocycles. The van der Waals surface area contributed by atoms with Gasteiger partial charge in [0.15, 0.2) is 6.10 Å². The quantitative estimate of drug-likeness (QED) is 0.0262. The van der Waals surface area contributed by atoms with Gasteiger partial charge in [-0.1, -0.05) is 250 Å². The van der Waals surface area contributed by atoms with Gasteiger partial charge in [-0.2, -0.15) is 0 Å². The summed E-state index contributed by atoms with van der Waals surface area (Å²) < 4.78 is 16.8. The van der Waals surface area contributed by atoms with Crippen molar-refractivity contribution in [1.82, 2.24) is 0 Å². The van der Waals surface area contributed by atoms with Gasteiger partial charge in [-0.15, -0.1) is 0 Å². The van der Waals surface area contributed by atoms with E-state index in [1.54, 1.807) is 0 Å². The molecule has 0 amide bonds. The van der Waals surface area contributed by atoms with Crippen LogP contribution in [-0.4, -0.2) is 37.2 Å². The topological polar surface area (TPSA) is 78.9 Å². The van der Waals surface area contributed by atoms with Crippen LogP contribution in [-0.2, 0) is 28.6 Å². The van der Waals surface area contributed by atoms with Crippen LogP contribution in [0.1, 0.15) is 310 Å². The average Bonchev–Trinajstić information content (AvgIpc) is 3.31. The standard InChI is InChI=1S/C60H110O6/c1-4-7-10-13-16-18-20-22-24-26-28-29-30-31-32-34-35-37-39-41-44-47-50-53-59(62)65-56-57(55-64-58(61)52-49-46-43-15-12-9-6-3)66-60(63)54-51-48-45-42-40-38-36-33-27-25-23-21-19-17-14-11-8-5-2/h20,22,25-28,57H,4-19,21,23-24,29-56H2,1-3H3/b22-20-,27-25-,28-26-. The summed E-state index contributed by atoms with van der Waals surface area (Å²) in [7, 11) is 0. The van der Waals surface area contributed by atoms with Crippen molar-refractivity contribution in [3.8, 4) is 0 Å². The van der Waals surface area contributed by atoms with Crippen LogP contribution in [0.4, 0.5) is 0 Å². The molecule has 0 saturated carbocycles. The largest absolute Gasteiger partial charge is 0.462 e. The Labute approximate surface area is 410 Å². The van der Waals surface area contributed by atoms with Crippen LogP contribution in [0.3, 0.4) is 0 Å². The molecule has 0 saturated heterocycles. The van der Waals surface area contributed by atoms with Gasteiger partial charge in [-0.05, 0) is 77.0 Å². The molecule has 0 aliphatic heterocycles. The highest BCUT2D eigenvalue weighted by molar-refractivity contribution is 5.71. The van der Waals surface area contributed by atoms with E-state index in [1.165, 1.54) is 205 Å². The smallest absolute Gasteiger partial charge is 0.306 e. The third kappa shape index (κ3) is 52.6. The van der Waals surface area contributed by atoms with E-state index in [2.05, 4.69) is 57.2 Å². The fourth-order valence-electron chi connectivity index (χ4n) is 8.47. The van der Waals surface area contributed by atoms with Crippen molar-refractivity contribution >= 4 is 17.9 Å². The summed E-state index contributed by atoms with van der Waals surface area (Å²) in [5.74, 6) is -0.870. The SMILES string of the molecule is CCCCCCC/C=C\C/C=C\CCCCCCCCCCCCCC(=O)OCC(COC(=O)CCCCCCCCC)OC(=O)CCCCCCCCC/C=C\CCCCCCCCC. The summed E-state index contributed by atoms with van der Waals surface area (Å²) in [6, 6.07) is 0. The number of esters is 3. The van der Waals surface area contributed by atoms with Gasteiger partial charge in [0.25, 0.3) is 0 Å². The first-order valence-electron chi connectivity index (χ1n) is 29.0. The second-order valence-corrected chi connectivity index (χ2v) is 19.6. The lowest BCUT2D eigenvalue weighted by atomic mass is 10.0. The molecule has 0 aliphatic rings. The minimum atomic E-state index is -0.770. The molecule has 0 aromatic heterocycles. The summed E-state index contributed by atoms with van der Waals surface area (Å²) in [6.45, 7) is 6.61. The number of rotatable bonds is 53. The molecular formula is C60H110O6. The van der Waals surface area contributed by atoms with Gasteiger partial charge < -0.3 is 14.2 Å². The predicted octanol–water partition coefficient (Wildman–Crippen LogP) is 19.3. The fraction of sp³-hybridized carbons (Fsp3) is 0.850. The molecule has 0 fully saturated rings. The number of carbonyl (C=O) groups is 3. The maximum Gasteiger partial charge on any atom is 0.306 e. The van der Waals surface area contributed by atoms with Gasteiger partial charge in [0, 0.05) is 19.3 Å². The van der Waals surface area contributed by atoms with Crippen LogP contribution in [0, 0.1) is 0 Å². The number of ether oxygens (including phenoxy) is 3. The lowest BCUT2D eigenvalue weighted by molar-refractivity contribution is -0.167. The van der Waals surface area contributed by atoms with Crippen LogP contribution < -0.4 is 0 Å². The number of hydrogen-bond acceptors (Lipinski definition) is 6. The van der Waals surface area contributed by atoms with E-state index in [9.17, 15) is 14.4 Å². The Morgan fingerprint density at radius 1 is 0.303 bits per heavy atom. The van der Waals surface area contributed by atoms with Crippen molar-refractivity contribution in [2.45, 2.75) is 316 Å². The van der Waals surface area contributed by atoms with Crippen molar-refractivity contribution in [2.75, 3.05) is 13.2 Å². The Kier molecular flexibility index (Phi) is 53.2. The zero-order valence-electron chi connectivity index (χ0n) is 44.2. The normalized spacial score (nSPS) is 12.2. The fourth-order valence-corrected chi connectivity index (χ4v) is 8.47. The molecule has 0 N–H and O–H groups in total. The molecule has 0 spiro atoms.